The van der Waals surface area contributed by atoms with Crippen molar-refractivity contribution in [3.05, 3.63) is 23.2 Å². The molecule has 0 aliphatic carbocycles. The van der Waals surface area contributed by atoms with E-state index in [0.29, 0.717) is 11.6 Å². The smallest absolute Gasteiger partial charge is 0.121 e. The van der Waals surface area contributed by atoms with E-state index in [1.165, 1.54) is 0 Å². The Morgan fingerprint density at radius 2 is 2.18 bits per heavy atom. The van der Waals surface area contributed by atoms with Crippen LogP contribution in [-0.2, 0) is 0 Å². The van der Waals surface area contributed by atoms with Crippen LogP contribution in [0.2, 0.25) is 5.02 Å². The number of benzene rings is 1. The highest BCUT2D eigenvalue weighted by molar-refractivity contribution is 6.33. The van der Waals surface area contributed by atoms with Gasteiger partial charge in [0, 0.05) is 18.0 Å². The van der Waals surface area contributed by atoms with Crippen LogP contribution in [0.15, 0.2) is 18.2 Å². The Bertz CT molecular complexity index is 364. The predicted molar refractivity (Wildman–Crippen MR) is 72.0 cm³/mol. The molecule has 1 rings (SSSR count). The topological polar surface area (TPSA) is 41.5 Å². The number of rotatable bonds is 6. The number of hydrogen-bond donors (Lipinski definition) is 2. The van der Waals surface area contributed by atoms with Crippen LogP contribution in [0.5, 0.6) is 5.75 Å². The molecule has 0 aromatic heterocycles. The third-order valence-corrected chi connectivity index (χ3v) is 3.44. The first-order valence-corrected chi connectivity index (χ1v) is 6.10. The first-order valence-electron chi connectivity index (χ1n) is 5.73. The Morgan fingerprint density at radius 3 is 2.71 bits per heavy atom. The molecule has 2 N–H and O–H groups in total. The number of hydrogen-bond acceptors (Lipinski definition) is 3. The Labute approximate surface area is 108 Å². The van der Waals surface area contributed by atoms with Gasteiger partial charge in [0.2, 0.25) is 0 Å². The lowest BCUT2D eigenvalue weighted by molar-refractivity contribution is 0.149. The van der Waals surface area contributed by atoms with Gasteiger partial charge in [-0.15, -0.1) is 0 Å². The van der Waals surface area contributed by atoms with Crippen molar-refractivity contribution in [1.82, 2.24) is 0 Å². The Balaban J connectivity index is 2.74. The molecular weight excluding hydrogens is 238 g/mol. The maximum atomic E-state index is 9.34. The molecule has 17 heavy (non-hydrogen) atoms. The summed E-state index contributed by atoms with van der Waals surface area (Å²) in [6.07, 6.45) is 0.901. The molecule has 0 amide bonds. The van der Waals surface area contributed by atoms with Crippen LogP contribution >= 0.6 is 11.6 Å². The summed E-state index contributed by atoms with van der Waals surface area (Å²) in [6, 6.07) is 5.47. The molecule has 0 saturated heterocycles. The number of anilines is 1. The fraction of sp³-hybridized carbons (Fsp3) is 0.538. The molecule has 0 fully saturated rings. The first kappa shape index (κ1) is 14.1. The maximum Gasteiger partial charge on any atom is 0.121 e. The lowest BCUT2D eigenvalue weighted by Crippen LogP contribution is -2.29. The van der Waals surface area contributed by atoms with Gasteiger partial charge in [0.05, 0.1) is 24.4 Å². The van der Waals surface area contributed by atoms with Gasteiger partial charge in [0.25, 0.3) is 0 Å². The number of methoxy groups -OCH3 is 1. The molecule has 1 aromatic carbocycles. The van der Waals surface area contributed by atoms with Gasteiger partial charge in [-0.3, -0.25) is 0 Å². The van der Waals surface area contributed by atoms with Crippen molar-refractivity contribution in [3.8, 4) is 5.75 Å². The van der Waals surface area contributed by atoms with Gasteiger partial charge in [-0.2, -0.15) is 0 Å². The van der Waals surface area contributed by atoms with Gasteiger partial charge >= 0.3 is 0 Å². The van der Waals surface area contributed by atoms with E-state index in [4.69, 9.17) is 16.3 Å². The number of ether oxygens (including phenoxy) is 1. The van der Waals surface area contributed by atoms with Crippen LogP contribution in [-0.4, -0.2) is 25.4 Å². The van der Waals surface area contributed by atoms with E-state index in [9.17, 15) is 5.11 Å². The molecule has 0 saturated carbocycles. The normalized spacial score (nSPS) is 14.2. The van der Waals surface area contributed by atoms with Crippen molar-refractivity contribution in [1.29, 1.82) is 0 Å². The van der Waals surface area contributed by atoms with Crippen molar-refractivity contribution in [2.24, 2.45) is 5.41 Å². The summed E-state index contributed by atoms with van der Waals surface area (Å²) in [5.74, 6) is 0.763. The van der Waals surface area contributed by atoms with E-state index in [0.717, 1.165) is 17.9 Å². The van der Waals surface area contributed by atoms with Crippen LogP contribution in [0.25, 0.3) is 0 Å². The maximum absolute atomic E-state index is 9.34. The van der Waals surface area contributed by atoms with E-state index < -0.39 is 0 Å². The summed E-state index contributed by atoms with van der Waals surface area (Å²) in [7, 11) is 1.62. The standard InChI is InChI=1S/C13H20ClNO2/c1-4-13(2,9-16)8-15-12-7-10(17-3)5-6-11(12)14/h5-7,15-16H,4,8-9H2,1-3H3. The molecule has 0 spiro atoms. The number of nitrogens with one attached hydrogen (secondary N) is 1. The summed E-state index contributed by atoms with van der Waals surface area (Å²) >= 11 is 6.09. The minimum absolute atomic E-state index is 0.133. The zero-order valence-corrected chi connectivity index (χ0v) is 11.3. The zero-order chi connectivity index (χ0) is 12.9. The van der Waals surface area contributed by atoms with Crippen LogP contribution in [0.3, 0.4) is 0 Å². The molecular formula is C13H20ClNO2. The summed E-state index contributed by atoms with van der Waals surface area (Å²) in [4.78, 5) is 0. The lowest BCUT2D eigenvalue weighted by Gasteiger charge is -2.26. The Hall–Kier alpha value is -0.930. The predicted octanol–water partition coefficient (Wildman–Crippen LogP) is 3.17. The third kappa shape index (κ3) is 3.79. The lowest BCUT2D eigenvalue weighted by atomic mass is 9.88. The van der Waals surface area contributed by atoms with Crippen LogP contribution in [0, 0.1) is 5.41 Å². The molecule has 1 aromatic rings. The van der Waals surface area contributed by atoms with Gasteiger partial charge in [-0.05, 0) is 18.6 Å². The first-order chi connectivity index (χ1) is 8.04. The van der Waals surface area contributed by atoms with Crippen LogP contribution < -0.4 is 10.1 Å². The molecule has 1 unspecified atom stereocenters. The van der Waals surface area contributed by atoms with E-state index in [2.05, 4.69) is 12.2 Å². The van der Waals surface area contributed by atoms with Crippen molar-refractivity contribution in [2.75, 3.05) is 25.6 Å². The van der Waals surface area contributed by atoms with Gasteiger partial charge in [0.15, 0.2) is 0 Å². The number of aliphatic hydroxyl groups excluding tert-OH is 1. The Kier molecular flexibility index (Phi) is 5.09. The monoisotopic (exact) mass is 257 g/mol. The zero-order valence-electron chi connectivity index (χ0n) is 10.6. The summed E-state index contributed by atoms with van der Waals surface area (Å²) in [6.45, 7) is 4.92. The quantitative estimate of drug-likeness (QED) is 0.823. The van der Waals surface area contributed by atoms with Crippen molar-refractivity contribution < 1.29 is 9.84 Å². The average Bonchev–Trinajstić information content (AvgIpc) is 2.37. The molecule has 0 bridgehead atoms. The fourth-order valence-corrected chi connectivity index (χ4v) is 1.55. The SMILES string of the molecule is CCC(C)(CO)CNc1cc(OC)ccc1Cl. The molecule has 0 heterocycles. The van der Waals surface area contributed by atoms with Crippen LogP contribution in [0.1, 0.15) is 20.3 Å². The second-order valence-corrected chi connectivity index (χ2v) is 4.93. The molecule has 1 atom stereocenters. The number of halogens is 1. The van der Waals surface area contributed by atoms with Crippen molar-refractivity contribution in [3.63, 3.8) is 0 Å². The minimum atomic E-state index is -0.133. The summed E-state index contributed by atoms with van der Waals surface area (Å²) in [5.41, 5.74) is 0.700. The van der Waals surface area contributed by atoms with Crippen LogP contribution in [0.4, 0.5) is 5.69 Å². The molecule has 0 aliphatic rings. The molecule has 0 aliphatic heterocycles. The minimum Gasteiger partial charge on any atom is -0.497 e. The third-order valence-electron chi connectivity index (χ3n) is 3.11. The van der Waals surface area contributed by atoms with Gasteiger partial charge in [-0.25, -0.2) is 0 Å². The van der Waals surface area contributed by atoms with Crippen molar-refractivity contribution in [2.45, 2.75) is 20.3 Å². The second-order valence-electron chi connectivity index (χ2n) is 4.52. The highest BCUT2D eigenvalue weighted by atomic mass is 35.5. The molecule has 3 nitrogen and oxygen atoms in total. The van der Waals surface area contributed by atoms with E-state index in [-0.39, 0.29) is 12.0 Å². The Morgan fingerprint density at radius 1 is 1.47 bits per heavy atom. The van der Waals surface area contributed by atoms with Gasteiger partial charge < -0.3 is 15.2 Å². The van der Waals surface area contributed by atoms with Crippen molar-refractivity contribution >= 4 is 17.3 Å². The molecule has 0 radical (unpaired) electrons. The molecule has 96 valence electrons. The van der Waals surface area contributed by atoms with Gasteiger partial charge in [0.1, 0.15) is 5.75 Å². The molecule has 4 heteroatoms. The number of aliphatic hydroxyl groups is 1. The van der Waals surface area contributed by atoms with Gasteiger partial charge in [-0.1, -0.05) is 25.4 Å². The fourth-order valence-electron chi connectivity index (χ4n) is 1.37. The van der Waals surface area contributed by atoms with E-state index in [1.807, 2.05) is 19.1 Å². The largest absolute Gasteiger partial charge is 0.497 e. The summed E-state index contributed by atoms with van der Waals surface area (Å²) in [5, 5.41) is 13.2. The average molecular weight is 258 g/mol. The summed E-state index contributed by atoms with van der Waals surface area (Å²) < 4.78 is 5.15. The highest BCUT2D eigenvalue weighted by Crippen LogP contribution is 2.28. The second kappa shape index (κ2) is 6.12. The van der Waals surface area contributed by atoms with E-state index >= 15 is 0 Å². The highest BCUT2D eigenvalue weighted by Gasteiger charge is 2.20. The van der Waals surface area contributed by atoms with E-state index in [1.54, 1.807) is 13.2 Å².